The van der Waals surface area contributed by atoms with Gasteiger partial charge in [-0.3, -0.25) is 4.98 Å². The minimum Gasteiger partial charge on any atom is -0.397 e. The Morgan fingerprint density at radius 2 is 2.24 bits per heavy atom. The van der Waals surface area contributed by atoms with Crippen molar-refractivity contribution in [3.63, 3.8) is 0 Å². The number of hydrogen-bond acceptors (Lipinski definition) is 4. The highest BCUT2D eigenvalue weighted by Crippen LogP contribution is 2.33. The molecular weight excluding hydrogens is 305 g/mol. The van der Waals surface area contributed by atoms with E-state index < -0.39 is 6.67 Å². The van der Waals surface area contributed by atoms with E-state index in [4.69, 9.17) is 5.73 Å². The third-order valence-electron chi connectivity index (χ3n) is 2.03. The predicted octanol–water partition coefficient (Wildman–Crippen LogP) is 3.44. The summed E-state index contributed by atoms with van der Waals surface area (Å²) in [7, 11) is 0. The van der Waals surface area contributed by atoms with Gasteiger partial charge in [-0.05, 0) is 34.1 Å². The average molecular weight is 314 g/mol. The molecule has 2 aromatic heterocycles. The first-order valence-electron chi connectivity index (χ1n) is 4.79. The lowest BCUT2D eigenvalue weighted by molar-refractivity contribution is 0.470. The largest absolute Gasteiger partial charge is 0.397 e. The molecule has 6 heteroatoms. The summed E-state index contributed by atoms with van der Waals surface area (Å²) in [6.07, 6.45) is 3.22. The van der Waals surface area contributed by atoms with Crippen LogP contribution in [0.25, 0.3) is 0 Å². The number of alkyl halides is 1. The van der Waals surface area contributed by atoms with Crippen LogP contribution in [0.2, 0.25) is 0 Å². The van der Waals surface area contributed by atoms with Crippen molar-refractivity contribution in [3.8, 4) is 0 Å². The number of anilines is 1. The standard InChI is InChI=1S/C11H9BrFN3S/c12-7-4-8(14)11(16-6-7)17-10-2-1-3-15-9(10)5-13/h1-4,6H,5,14H2. The SMILES string of the molecule is Nc1cc(Br)cnc1Sc1cccnc1CF. The zero-order chi connectivity index (χ0) is 12.3. The fourth-order valence-electron chi connectivity index (χ4n) is 1.25. The number of nitrogens with two attached hydrogens (primary N) is 1. The zero-order valence-corrected chi connectivity index (χ0v) is 11.1. The maximum atomic E-state index is 12.7. The van der Waals surface area contributed by atoms with Crippen molar-refractivity contribution < 1.29 is 4.39 Å². The fraction of sp³-hybridized carbons (Fsp3) is 0.0909. The maximum Gasteiger partial charge on any atom is 0.133 e. The molecule has 0 aliphatic rings. The van der Waals surface area contributed by atoms with Gasteiger partial charge in [0.25, 0.3) is 0 Å². The normalized spacial score (nSPS) is 10.5. The lowest BCUT2D eigenvalue weighted by atomic mass is 10.4. The van der Waals surface area contributed by atoms with Gasteiger partial charge in [-0.25, -0.2) is 9.37 Å². The summed E-state index contributed by atoms with van der Waals surface area (Å²) in [4.78, 5) is 8.89. The topological polar surface area (TPSA) is 51.8 Å². The van der Waals surface area contributed by atoms with Gasteiger partial charge in [0.15, 0.2) is 0 Å². The van der Waals surface area contributed by atoms with E-state index in [0.717, 1.165) is 9.37 Å². The third kappa shape index (κ3) is 2.95. The smallest absolute Gasteiger partial charge is 0.133 e. The lowest BCUT2D eigenvalue weighted by Crippen LogP contribution is -1.94. The molecule has 3 nitrogen and oxygen atoms in total. The molecule has 0 aliphatic carbocycles. The van der Waals surface area contributed by atoms with E-state index in [2.05, 4.69) is 25.9 Å². The minimum atomic E-state index is -0.598. The van der Waals surface area contributed by atoms with Crippen molar-refractivity contribution in [2.24, 2.45) is 0 Å². The molecule has 2 heterocycles. The second-order valence-electron chi connectivity index (χ2n) is 3.23. The van der Waals surface area contributed by atoms with Gasteiger partial charge in [-0.1, -0.05) is 11.8 Å². The summed E-state index contributed by atoms with van der Waals surface area (Å²) in [6, 6.07) is 5.33. The molecule has 2 rings (SSSR count). The van der Waals surface area contributed by atoms with E-state index in [0.29, 0.717) is 16.4 Å². The molecule has 0 radical (unpaired) electrons. The van der Waals surface area contributed by atoms with Gasteiger partial charge < -0.3 is 5.73 Å². The number of nitrogens with zero attached hydrogens (tertiary/aromatic N) is 2. The molecule has 0 spiro atoms. The summed E-state index contributed by atoms with van der Waals surface area (Å²) < 4.78 is 13.5. The van der Waals surface area contributed by atoms with Crippen molar-refractivity contribution in [1.82, 2.24) is 9.97 Å². The second kappa shape index (κ2) is 5.46. The van der Waals surface area contributed by atoms with Gasteiger partial charge >= 0.3 is 0 Å². The highest BCUT2D eigenvalue weighted by atomic mass is 79.9. The Kier molecular flexibility index (Phi) is 3.96. The summed E-state index contributed by atoms with van der Waals surface area (Å²) in [6.45, 7) is -0.598. The highest BCUT2D eigenvalue weighted by molar-refractivity contribution is 9.10. The summed E-state index contributed by atoms with van der Waals surface area (Å²) in [5.41, 5.74) is 6.79. The van der Waals surface area contributed by atoms with E-state index >= 15 is 0 Å². The van der Waals surface area contributed by atoms with Crippen molar-refractivity contribution in [2.75, 3.05) is 5.73 Å². The number of rotatable bonds is 3. The summed E-state index contributed by atoms with van der Waals surface area (Å²) in [5, 5.41) is 0.649. The Balaban J connectivity index is 2.31. The van der Waals surface area contributed by atoms with Crippen molar-refractivity contribution in [3.05, 3.63) is 40.8 Å². The first-order chi connectivity index (χ1) is 8.20. The summed E-state index contributed by atoms with van der Waals surface area (Å²) in [5.74, 6) is 0. The number of nitrogen functional groups attached to an aromatic ring is 1. The van der Waals surface area contributed by atoms with E-state index in [1.165, 1.54) is 11.8 Å². The number of hydrogen-bond donors (Lipinski definition) is 1. The first-order valence-corrected chi connectivity index (χ1v) is 6.40. The van der Waals surface area contributed by atoms with Crippen LogP contribution < -0.4 is 5.73 Å². The van der Waals surface area contributed by atoms with E-state index in [1.54, 1.807) is 30.6 Å². The van der Waals surface area contributed by atoms with Crippen LogP contribution in [0.1, 0.15) is 5.69 Å². The molecule has 17 heavy (non-hydrogen) atoms. The van der Waals surface area contributed by atoms with Gasteiger partial charge in [0, 0.05) is 21.8 Å². The van der Waals surface area contributed by atoms with Crippen molar-refractivity contribution in [1.29, 1.82) is 0 Å². The number of pyridine rings is 2. The molecule has 0 atom stereocenters. The highest BCUT2D eigenvalue weighted by Gasteiger charge is 2.08. The Morgan fingerprint density at radius 3 is 2.94 bits per heavy atom. The molecule has 88 valence electrons. The molecule has 0 amide bonds. The van der Waals surface area contributed by atoms with E-state index in [-0.39, 0.29) is 0 Å². The molecule has 0 saturated carbocycles. The quantitative estimate of drug-likeness (QED) is 0.943. The van der Waals surface area contributed by atoms with Gasteiger partial charge in [0.2, 0.25) is 0 Å². The first kappa shape index (κ1) is 12.3. The Labute approximate surface area is 111 Å². The predicted molar refractivity (Wildman–Crippen MR) is 69.5 cm³/mol. The third-order valence-corrected chi connectivity index (χ3v) is 3.59. The van der Waals surface area contributed by atoms with Crippen molar-refractivity contribution in [2.45, 2.75) is 16.6 Å². The molecule has 0 aromatic carbocycles. The number of aromatic nitrogens is 2. The lowest BCUT2D eigenvalue weighted by Gasteiger charge is -2.06. The van der Waals surface area contributed by atoms with Crippen LogP contribution in [0.5, 0.6) is 0 Å². The van der Waals surface area contributed by atoms with E-state index in [1.807, 2.05) is 0 Å². The molecule has 2 aromatic rings. The van der Waals surface area contributed by atoms with Crippen LogP contribution in [-0.4, -0.2) is 9.97 Å². The second-order valence-corrected chi connectivity index (χ2v) is 5.18. The minimum absolute atomic E-state index is 0.404. The van der Waals surface area contributed by atoms with Crippen LogP contribution in [0.15, 0.2) is 45.0 Å². The van der Waals surface area contributed by atoms with Crippen LogP contribution in [0, 0.1) is 0 Å². The number of halogens is 2. The van der Waals surface area contributed by atoms with Gasteiger partial charge in [-0.15, -0.1) is 0 Å². The molecular formula is C11H9BrFN3S. The molecule has 2 N–H and O–H groups in total. The molecule has 0 fully saturated rings. The van der Waals surface area contributed by atoms with E-state index in [9.17, 15) is 4.39 Å². The Bertz CT molecular complexity index is 536. The molecule has 0 bridgehead atoms. The maximum absolute atomic E-state index is 12.7. The Morgan fingerprint density at radius 1 is 1.41 bits per heavy atom. The van der Waals surface area contributed by atoms with Crippen LogP contribution in [0.3, 0.4) is 0 Å². The van der Waals surface area contributed by atoms with Crippen LogP contribution in [-0.2, 0) is 6.67 Å². The van der Waals surface area contributed by atoms with Gasteiger partial charge in [-0.2, -0.15) is 0 Å². The van der Waals surface area contributed by atoms with Crippen LogP contribution in [0.4, 0.5) is 10.1 Å². The van der Waals surface area contributed by atoms with Crippen LogP contribution >= 0.6 is 27.7 Å². The van der Waals surface area contributed by atoms with Crippen molar-refractivity contribution >= 4 is 33.4 Å². The molecule has 0 unspecified atom stereocenters. The molecule has 0 aliphatic heterocycles. The van der Waals surface area contributed by atoms with Gasteiger partial charge in [0.05, 0.1) is 11.4 Å². The zero-order valence-electron chi connectivity index (χ0n) is 8.73. The average Bonchev–Trinajstić information content (AvgIpc) is 2.33. The van der Waals surface area contributed by atoms with Gasteiger partial charge in [0.1, 0.15) is 11.7 Å². The monoisotopic (exact) mass is 313 g/mol. The fourth-order valence-corrected chi connectivity index (χ4v) is 2.46. The summed E-state index contributed by atoms with van der Waals surface area (Å²) >= 11 is 4.60. The Hall–Kier alpha value is -1.14. The molecule has 0 saturated heterocycles.